The van der Waals surface area contributed by atoms with Crippen LogP contribution in [0.25, 0.3) is 10.9 Å². The summed E-state index contributed by atoms with van der Waals surface area (Å²) in [6.07, 6.45) is 3.01. The summed E-state index contributed by atoms with van der Waals surface area (Å²) in [6, 6.07) is 16.3. The summed E-state index contributed by atoms with van der Waals surface area (Å²) in [6.45, 7) is 7.83. The molecular weight excluding hydrogens is 366 g/mol. The molecule has 29 heavy (non-hydrogen) atoms. The van der Waals surface area contributed by atoms with Gasteiger partial charge in [0.2, 0.25) is 0 Å². The van der Waals surface area contributed by atoms with Gasteiger partial charge in [-0.2, -0.15) is 5.10 Å². The highest BCUT2D eigenvalue weighted by atomic mass is 16.5. The Labute approximate surface area is 171 Å². The van der Waals surface area contributed by atoms with Crippen molar-refractivity contribution >= 4 is 23.2 Å². The van der Waals surface area contributed by atoms with Gasteiger partial charge in [0.05, 0.1) is 19.9 Å². The number of hydrogen-bond acceptors (Lipinski definition) is 4. The zero-order valence-corrected chi connectivity index (χ0v) is 17.3. The van der Waals surface area contributed by atoms with E-state index < -0.39 is 6.09 Å². The average molecular weight is 393 g/mol. The van der Waals surface area contributed by atoms with Crippen LogP contribution < -0.4 is 10.2 Å². The monoisotopic (exact) mass is 393 g/mol. The van der Waals surface area contributed by atoms with Crippen molar-refractivity contribution in [3.05, 3.63) is 65.9 Å². The van der Waals surface area contributed by atoms with Gasteiger partial charge in [-0.15, -0.1) is 0 Å². The third-order valence-electron chi connectivity index (χ3n) is 4.69. The van der Waals surface area contributed by atoms with E-state index in [2.05, 4.69) is 58.8 Å². The molecule has 0 saturated carbocycles. The van der Waals surface area contributed by atoms with Crippen LogP contribution in [0.5, 0.6) is 5.75 Å². The first-order valence-electron chi connectivity index (χ1n) is 9.57. The topological polar surface area (TPSA) is 64.8 Å². The number of aromatic nitrogens is 1. The number of hydrogen-bond donors (Lipinski definition) is 1. The number of carbonyl (C=O) groups is 1. The molecule has 0 fully saturated rings. The highest BCUT2D eigenvalue weighted by Gasteiger charge is 2.13. The van der Waals surface area contributed by atoms with Gasteiger partial charge in [-0.1, -0.05) is 51.1 Å². The number of nitrogens with one attached hydrogen (secondary N) is 1. The van der Waals surface area contributed by atoms with Gasteiger partial charge < -0.3 is 14.0 Å². The SMILES string of the molecule is COC(=O)N/N=C/c1cn(CCOc2ccc(C(C)(C)C)cc2)c2ccccc12. The molecule has 0 aliphatic carbocycles. The summed E-state index contributed by atoms with van der Waals surface area (Å²) in [7, 11) is 1.30. The predicted molar refractivity (Wildman–Crippen MR) is 116 cm³/mol. The lowest BCUT2D eigenvalue weighted by Gasteiger charge is -2.19. The van der Waals surface area contributed by atoms with Gasteiger partial charge in [-0.05, 0) is 29.2 Å². The Morgan fingerprint density at radius 3 is 2.55 bits per heavy atom. The highest BCUT2D eigenvalue weighted by molar-refractivity contribution is 5.99. The Bertz CT molecular complexity index is 998. The van der Waals surface area contributed by atoms with E-state index in [0.29, 0.717) is 13.2 Å². The van der Waals surface area contributed by atoms with Gasteiger partial charge >= 0.3 is 6.09 Å². The number of ether oxygens (including phenoxy) is 2. The second kappa shape index (κ2) is 8.82. The first-order chi connectivity index (χ1) is 13.9. The number of benzene rings is 2. The fraction of sp³-hybridized carbons (Fsp3) is 0.304. The van der Waals surface area contributed by atoms with Gasteiger partial charge in [0.1, 0.15) is 12.4 Å². The molecule has 0 saturated heterocycles. The highest BCUT2D eigenvalue weighted by Crippen LogP contribution is 2.24. The van der Waals surface area contributed by atoms with Crippen molar-refractivity contribution in [1.82, 2.24) is 9.99 Å². The Hall–Kier alpha value is -3.28. The van der Waals surface area contributed by atoms with E-state index in [1.165, 1.54) is 12.7 Å². The van der Waals surface area contributed by atoms with Crippen LogP contribution in [-0.4, -0.2) is 30.6 Å². The Balaban J connectivity index is 1.68. The molecule has 2 aromatic carbocycles. The number of rotatable bonds is 6. The van der Waals surface area contributed by atoms with E-state index in [4.69, 9.17) is 4.74 Å². The van der Waals surface area contributed by atoms with Crippen molar-refractivity contribution in [2.45, 2.75) is 32.7 Å². The predicted octanol–water partition coefficient (Wildman–Crippen LogP) is 4.71. The minimum absolute atomic E-state index is 0.128. The Morgan fingerprint density at radius 1 is 1.14 bits per heavy atom. The van der Waals surface area contributed by atoms with Crippen LogP contribution in [0.15, 0.2) is 59.8 Å². The molecule has 0 radical (unpaired) electrons. The van der Waals surface area contributed by atoms with Crippen molar-refractivity contribution in [2.75, 3.05) is 13.7 Å². The van der Waals surface area contributed by atoms with Gasteiger partial charge in [-0.3, -0.25) is 0 Å². The van der Waals surface area contributed by atoms with Gasteiger partial charge in [0, 0.05) is 22.7 Å². The third kappa shape index (κ3) is 5.16. The minimum atomic E-state index is -0.601. The summed E-state index contributed by atoms with van der Waals surface area (Å²) in [5, 5.41) is 4.99. The molecule has 3 rings (SSSR count). The van der Waals surface area contributed by atoms with Crippen molar-refractivity contribution in [3.8, 4) is 5.75 Å². The van der Waals surface area contributed by atoms with Crippen LogP contribution in [0, 0.1) is 0 Å². The van der Waals surface area contributed by atoms with Crippen LogP contribution in [0.3, 0.4) is 0 Å². The van der Waals surface area contributed by atoms with Gasteiger partial charge in [-0.25, -0.2) is 10.2 Å². The van der Waals surface area contributed by atoms with E-state index in [-0.39, 0.29) is 5.41 Å². The van der Waals surface area contributed by atoms with Gasteiger partial charge in [0.25, 0.3) is 0 Å². The molecule has 6 nitrogen and oxygen atoms in total. The van der Waals surface area contributed by atoms with E-state index >= 15 is 0 Å². The maximum absolute atomic E-state index is 11.2. The Kier molecular flexibility index (Phi) is 6.22. The molecule has 1 aromatic heterocycles. The minimum Gasteiger partial charge on any atom is -0.492 e. The molecule has 0 atom stereocenters. The van der Waals surface area contributed by atoms with Crippen LogP contribution >= 0.6 is 0 Å². The van der Waals surface area contributed by atoms with Crippen molar-refractivity contribution in [3.63, 3.8) is 0 Å². The molecule has 0 unspecified atom stereocenters. The van der Waals surface area contributed by atoms with E-state index in [1.807, 2.05) is 36.5 Å². The number of amides is 1. The molecule has 1 amide bonds. The van der Waals surface area contributed by atoms with Crippen LogP contribution in [0.4, 0.5) is 4.79 Å². The number of nitrogens with zero attached hydrogens (tertiary/aromatic N) is 2. The summed E-state index contributed by atoms with van der Waals surface area (Å²) < 4.78 is 12.6. The zero-order chi connectivity index (χ0) is 20.9. The standard InChI is InChI=1S/C23H27N3O3/c1-23(2,3)18-9-11-19(12-10-18)29-14-13-26-16-17(15-24-25-22(27)28-4)20-7-5-6-8-21(20)26/h5-12,15-16H,13-14H2,1-4H3,(H,25,27)/b24-15+. The molecule has 1 heterocycles. The molecule has 0 aliphatic rings. The van der Waals surface area contributed by atoms with Crippen LogP contribution in [0.1, 0.15) is 31.9 Å². The van der Waals surface area contributed by atoms with Crippen LogP contribution in [0.2, 0.25) is 0 Å². The molecule has 6 heteroatoms. The number of carbonyl (C=O) groups excluding carboxylic acids is 1. The summed E-state index contributed by atoms with van der Waals surface area (Å²) in [5.74, 6) is 0.860. The van der Waals surface area contributed by atoms with E-state index in [9.17, 15) is 4.79 Å². The first kappa shape index (κ1) is 20.5. The summed E-state index contributed by atoms with van der Waals surface area (Å²) >= 11 is 0. The molecule has 0 aliphatic heterocycles. The second-order valence-electron chi connectivity index (χ2n) is 7.78. The first-order valence-corrected chi connectivity index (χ1v) is 9.57. The summed E-state index contributed by atoms with van der Waals surface area (Å²) in [5.41, 5.74) is 5.71. The normalized spacial score (nSPS) is 11.7. The largest absolute Gasteiger partial charge is 0.492 e. The number of hydrazone groups is 1. The molecule has 1 N–H and O–H groups in total. The Morgan fingerprint density at radius 2 is 1.86 bits per heavy atom. The second-order valence-corrected chi connectivity index (χ2v) is 7.78. The van der Waals surface area contributed by atoms with Crippen molar-refractivity contribution in [1.29, 1.82) is 0 Å². The lowest BCUT2D eigenvalue weighted by Crippen LogP contribution is -2.16. The third-order valence-corrected chi connectivity index (χ3v) is 4.69. The zero-order valence-electron chi connectivity index (χ0n) is 17.3. The van der Waals surface area contributed by atoms with Gasteiger partial charge in [0.15, 0.2) is 0 Å². The van der Waals surface area contributed by atoms with Crippen LogP contribution in [-0.2, 0) is 16.7 Å². The maximum atomic E-state index is 11.2. The summed E-state index contributed by atoms with van der Waals surface area (Å²) in [4.78, 5) is 11.2. The smallest absolute Gasteiger partial charge is 0.427 e. The van der Waals surface area contributed by atoms with Crippen molar-refractivity contribution < 1.29 is 14.3 Å². The quantitative estimate of drug-likeness (QED) is 0.487. The lowest BCUT2D eigenvalue weighted by atomic mass is 9.87. The number of methoxy groups -OCH3 is 1. The fourth-order valence-corrected chi connectivity index (χ4v) is 3.08. The van der Waals surface area contributed by atoms with E-state index in [1.54, 1.807) is 6.21 Å². The molecule has 0 bridgehead atoms. The molecular formula is C23H27N3O3. The average Bonchev–Trinajstić information content (AvgIpc) is 3.05. The molecule has 152 valence electrons. The maximum Gasteiger partial charge on any atom is 0.427 e. The molecule has 0 spiro atoms. The fourth-order valence-electron chi connectivity index (χ4n) is 3.08. The van der Waals surface area contributed by atoms with Crippen molar-refractivity contribution in [2.24, 2.45) is 5.10 Å². The lowest BCUT2D eigenvalue weighted by molar-refractivity contribution is 0.171. The molecule has 3 aromatic rings. The number of fused-ring (bicyclic) bond motifs is 1. The number of para-hydroxylation sites is 1. The van der Waals surface area contributed by atoms with E-state index in [0.717, 1.165) is 22.2 Å².